The lowest BCUT2D eigenvalue weighted by Gasteiger charge is -2.27. The van der Waals surface area contributed by atoms with E-state index in [2.05, 4.69) is 5.32 Å². The summed E-state index contributed by atoms with van der Waals surface area (Å²) >= 11 is 0. The van der Waals surface area contributed by atoms with Crippen LogP contribution in [0.25, 0.3) is 0 Å². The van der Waals surface area contributed by atoms with Gasteiger partial charge in [-0.2, -0.15) is 13.2 Å². The Morgan fingerprint density at radius 2 is 1.96 bits per heavy atom. The second kappa shape index (κ2) is 7.95. The molecule has 7 heteroatoms. The van der Waals surface area contributed by atoms with Crippen LogP contribution in [0, 0.1) is 0 Å². The molecule has 1 aliphatic rings. The van der Waals surface area contributed by atoms with Gasteiger partial charge in [-0.05, 0) is 38.8 Å². The summed E-state index contributed by atoms with van der Waals surface area (Å²) < 4.78 is 45.6. The third-order valence-corrected chi connectivity index (χ3v) is 4.14. The van der Waals surface area contributed by atoms with Crippen molar-refractivity contribution < 1.29 is 22.7 Å². The van der Waals surface area contributed by atoms with Crippen LogP contribution in [-0.2, 0) is 15.7 Å². The molecule has 0 aromatic heterocycles. The number of rotatable bonds is 5. The van der Waals surface area contributed by atoms with Gasteiger partial charge >= 0.3 is 12.1 Å². The molecule has 2 unspecified atom stereocenters. The SMILES string of the molecule is CC1=CC(c2ccccc2C(F)(F)F)C(C(=O)OCCC(C)N)=C(C)N1. The third-order valence-electron chi connectivity index (χ3n) is 4.14. The molecule has 0 saturated heterocycles. The van der Waals surface area contributed by atoms with Crippen LogP contribution < -0.4 is 11.1 Å². The molecule has 26 heavy (non-hydrogen) atoms. The van der Waals surface area contributed by atoms with Gasteiger partial charge in [0.15, 0.2) is 0 Å². The molecule has 1 aromatic rings. The Bertz CT molecular complexity index is 737. The third kappa shape index (κ3) is 4.66. The van der Waals surface area contributed by atoms with Gasteiger partial charge in [-0.15, -0.1) is 0 Å². The highest BCUT2D eigenvalue weighted by Gasteiger charge is 2.37. The first kappa shape index (κ1) is 20.0. The molecule has 0 bridgehead atoms. The van der Waals surface area contributed by atoms with E-state index in [0.717, 1.165) is 6.07 Å². The number of alkyl halides is 3. The molecular weight excluding hydrogens is 345 g/mol. The number of carbonyl (C=O) groups is 1. The topological polar surface area (TPSA) is 64.3 Å². The lowest BCUT2D eigenvalue weighted by atomic mass is 9.84. The zero-order valence-electron chi connectivity index (χ0n) is 15.0. The van der Waals surface area contributed by atoms with Crippen molar-refractivity contribution in [1.29, 1.82) is 0 Å². The van der Waals surface area contributed by atoms with E-state index in [9.17, 15) is 18.0 Å². The van der Waals surface area contributed by atoms with E-state index in [1.54, 1.807) is 26.8 Å². The normalized spacial score (nSPS) is 18.9. The fourth-order valence-electron chi connectivity index (χ4n) is 2.94. The minimum atomic E-state index is -4.51. The molecule has 0 saturated carbocycles. The monoisotopic (exact) mass is 368 g/mol. The maximum Gasteiger partial charge on any atom is 0.416 e. The maximum atomic E-state index is 13.4. The average molecular weight is 368 g/mol. The van der Waals surface area contributed by atoms with Crippen molar-refractivity contribution in [3.63, 3.8) is 0 Å². The van der Waals surface area contributed by atoms with Gasteiger partial charge in [-0.3, -0.25) is 0 Å². The fourth-order valence-corrected chi connectivity index (χ4v) is 2.94. The molecule has 0 fully saturated rings. The number of hydrogen-bond donors (Lipinski definition) is 2. The molecule has 2 rings (SSSR count). The second-order valence-corrected chi connectivity index (χ2v) is 6.48. The summed E-state index contributed by atoms with van der Waals surface area (Å²) in [6, 6.07) is 5.15. The molecule has 0 amide bonds. The molecule has 1 aliphatic heterocycles. The summed E-state index contributed by atoms with van der Waals surface area (Å²) in [7, 11) is 0. The minimum absolute atomic E-state index is 0.0272. The number of hydrogen-bond acceptors (Lipinski definition) is 4. The highest BCUT2D eigenvalue weighted by Crippen LogP contribution is 2.40. The van der Waals surface area contributed by atoms with Gasteiger partial charge < -0.3 is 15.8 Å². The fraction of sp³-hybridized carbons (Fsp3) is 0.421. The van der Waals surface area contributed by atoms with E-state index >= 15 is 0 Å². The lowest BCUT2D eigenvalue weighted by Crippen LogP contribution is -2.27. The van der Waals surface area contributed by atoms with Gasteiger partial charge in [-0.25, -0.2) is 4.79 Å². The molecular formula is C19H23F3N2O2. The van der Waals surface area contributed by atoms with E-state index in [0.29, 0.717) is 17.8 Å². The zero-order valence-corrected chi connectivity index (χ0v) is 15.0. The van der Waals surface area contributed by atoms with Crippen LogP contribution in [0.4, 0.5) is 13.2 Å². The standard InChI is InChI=1S/C19H23F3N2O2/c1-11(23)8-9-26-18(25)17-13(3)24-12(2)10-15(17)14-6-4-5-7-16(14)19(20,21)22/h4-7,10-11,15,24H,8-9,23H2,1-3H3. The summed E-state index contributed by atoms with van der Waals surface area (Å²) in [5, 5.41) is 3.00. The summed E-state index contributed by atoms with van der Waals surface area (Å²) in [5.41, 5.74) is 6.25. The predicted molar refractivity (Wildman–Crippen MR) is 93.0 cm³/mol. The van der Waals surface area contributed by atoms with Gasteiger partial charge in [-0.1, -0.05) is 24.3 Å². The van der Waals surface area contributed by atoms with E-state index < -0.39 is 23.6 Å². The lowest BCUT2D eigenvalue weighted by molar-refractivity contribution is -0.141. The largest absolute Gasteiger partial charge is 0.462 e. The van der Waals surface area contributed by atoms with Crippen LogP contribution in [0.2, 0.25) is 0 Å². The van der Waals surface area contributed by atoms with Crippen molar-refractivity contribution in [2.45, 2.75) is 45.3 Å². The van der Waals surface area contributed by atoms with Crippen LogP contribution >= 0.6 is 0 Å². The van der Waals surface area contributed by atoms with E-state index in [4.69, 9.17) is 10.5 Å². The summed E-state index contributed by atoms with van der Waals surface area (Å²) in [5.74, 6) is -1.47. The second-order valence-electron chi connectivity index (χ2n) is 6.48. The van der Waals surface area contributed by atoms with Gasteiger partial charge in [0.25, 0.3) is 0 Å². The molecule has 0 radical (unpaired) electrons. The number of dihydropyridines is 1. The van der Waals surface area contributed by atoms with Crippen molar-refractivity contribution in [1.82, 2.24) is 5.32 Å². The number of benzene rings is 1. The Kier molecular flexibility index (Phi) is 6.13. The number of nitrogens with one attached hydrogen (secondary N) is 1. The first-order chi connectivity index (χ1) is 12.1. The minimum Gasteiger partial charge on any atom is -0.462 e. The maximum absolute atomic E-state index is 13.4. The van der Waals surface area contributed by atoms with Crippen molar-refractivity contribution in [3.8, 4) is 0 Å². The molecule has 1 aromatic carbocycles. The van der Waals surface area contributed by atoms with Crippen LogP contribution in [-0.4, -0.2) is 18.6 Å². The van der Waals surface area contributed by atoms with Crippen LogP contribution in [0.3, 0.4) is 0 Å². The zero-order chi connectivity index (χ0) is 19.5. The van der Waals surface area contributed by atoms with Crippen molar-refractivity contribution in [2.24, 2.45) is 5.73 Å². The van der Waals surface area contributed by atoms with Crippen LogP contribution in [0.5, 0.6) is 0 Å². The Labute approximate surface area is 150 Å². The van der Waals surface area contributed by atoms with E-state index in [1.807, 2.05) is 0 Å². The Hall–Kier alpha value is -2.28. The van der Waals surface area contributed by atoms with Gasteiger partial charge in [0.2, 0.25) is 0 Å². The first-order valence-electron chi connectivity index (χ1n) is 8.36. The molecule has 142 valence electrons. The predicted octanol–water partition coefficient (Wildman–Crippen LogP) is 3.85. The smallest absolute Gasteiger partial charge is 0.416 e. The summed E-state index contributed by atoms with van der Waals surface area (Å²) in [6.45, 7) is 5.30. The number of carbonyl (C=O) groups excluding carboxylic acids is 1. The number of esters is 1. The van der Waals surface area contributed by atoms with E-state index in [-0.39, 0.29) is 23.8 Å². The Balaban J connectivity index is 2.42. The number of nitrogens with two attached hydrogens (primary N) is 1. The van der Waals surface area contributed by atoms with Gasteiger partial charge in [0, 0.05) is 23.4 Å². The van der Waals surface area contributed by atoms with Crippen molar-refractivity contribution in [3.05, 3.63) is 58.4 Å². The highest BCUT2D eigenvalue weighted by molar-refractivity contribution is 5.92. The van der Waals surface area contributed by atoms with Crippen molar-refractivity contribution in [2.75, 3.05) is 6.61 Å². The van der Waals surface area contributed by atoms with Crippen LogP contribution in [0.1, 0.15) is 44.2 Å². The molecule has 0 aliphatic carbocycles. The first-order valence-corrected chi connectivity index (χ1v) is 8.36. The van der Waals surface area contributed by atoms with Gasteiger partial charge in [0.05, 0.1) is 17.7 Å². The molecule has 0 spiro atoms. The van der Waals surface area contributed by atoms with E-state index in [1.165, 1.54) is 18.2 Å². The van der Waals surface area contributed by atoms with Crippen LogP contribution in [0.15, 0.2) is 47.3 Å². The Morgan fingerprint density at radius 1 is 1.31 bits per heavy atom. The summed E-state index contributed by atoms with van der Waals surface area (Å²) in [4.78, 5) is 12.6. The molecule has 2 atom stereocenters. The number of ether oxygens (including phenoxy) is 1. The number of halogens is 3. The highest BCUT2D eigenvalue weighted by atomic mass is 19.4. The molecule has 3 N–H and O–H groups in total. The quantitative estimate of drug-likeness (QED) is 0.775. The van der Waals surface area contributed by atoms with Crippen molar-refractivity contribution >= 4 is 5.97 Å². The Morgan fingerprint density at radius 3 is 2.58 bits per heavy atom. The molecule has 4 nitrogen and oxygen atoms in total. The number of allylic oxidation sites excluding steroid dienone is 3. The molecule has 1 heterocycles. The average Bonchev–Trinajstić information content (AvgIpc) is 2.52. The summed E-state index contributed by atoms with van der Waals surface area (Å²) in [6.07, 6.45) is -2.43. The van der Waals surface area contributed by atoms with Gasteiger partial charge in [0.1, 0.15) is 0 Å².